The first kappa shape index (κ1) is 10.7. The van der Waals surface area contributed by atoms with E-state index in [1.165, 1.54) is 32.2 Å². The lowest BCUT2D eigenvalue weighted by Gasteiger charge is -2.29. The summed E-state index contributed by atoms with van der Waals surface area (Å²) < 4.78 is 0. The van der Waals surface area contributed by atoms with Crippen LogP contribution in [0, 0.1) is 0 Å². The first-order chi connectivity index (χ1) is 6.33. The van der Waals surface area contributed by atoms with Gasteiger partial charge in [0.05, 0.1) is 13.3 Å². The topological polar surface area (TPSA) is 27.3 Å². The monoisotopic (exact) mass is 201 g/mol. The van der Waals surface area contributed by atoms with Crippen LogP contribution in [0.1, 0.15) is 32.6 Å². The molecule has 0 spiro atoms. The number of hydrogen-bond donors (Lipinski definition) is 2. The van der Waals surface area contributed by atoms with Crippen molar-refractivity contribution >= 4 is 17.3 Å². The SMILES string of the molecule is CCCCCCN1CNC(=S)NC1. The Morgan fingerprint density at radius 2 is 1.92 bits per heavy atom. The minimum atomic E-state index is 0.782. The Labute approximate surface area is 85.9 Å². The molecule has 1 fully saturated rings. The lowest BCUT2D eigenvalue weighted by molar-refractivity contribution is 0.239. The molecule has 3 nitrogen and oxygen atoms in total. The number of nitrogens with zero attached hydrogens (tertiary/aromatic N) is 1. The van der Waals surface area contributed by atoms with Crippen molar-refractivity contribution in [2.45, 2.75) is 32.6 Å². The van der Waals surface area contributed by atoms with Gasteiger partial charge < -0.3 is 10.6 Å². The van der Waals surface area contributed by atoms with E-state index in [0.717, 1.165) is 18.4 Å². The van der Waals surface area contributed by atoms with E-state index in [1.807, 2.05) is 0 Å². The maximum atomic E-state index is 4.96. The van der Waals surface area contributed by atoms with Crippen molar-refractivity contribution in [1.29, 1.82) is 0 Å². The molecule has 0 aliphatic carbocycles. The fraction of sp³-hybridized carbons (Fsp3) is 0.889. The van der Waals surface area contributed by atoms with Gasteiger partial charge in [0.15, 0.2) is 5.11 Å². The fourth-order valence-corrected chi connectivity index (χ4v) is 1.54. The van der Waals surface area contributed by atoms with Crippen LogP contribution in [0.2, 0.25) is 0 Å². The minimum absolute atomic E-state index is 0.782. The Balaban J connectivity index is 1.99. The van der Waals surface area contributed by atoms with E-state index in [2.05, 4.69) is 22.5 Å². The number of thiocarbonyl (C=S) groups is 1. The van der Waals surface area contributed by atoms with Crippen LogP contribution in [0.15, 0.2) is 0 Å². The predicted molar refractivity (Wildman–Crippen MR) is 59.5 cm³/mol. The van der Waals surface area contributed by atoms with Crippen molar-refractivity contribution in [3.05, 3.63) is 0 Å². The summed E-state index contributed by atoms with van der Waals surface area (Å²) in [6.45, 7) is 5.21. The number of hydrogen-bond acceptors (Lipinski definition) is 2. The number of rotatable bonds is 5. The summed E-state index contributed by atoms with van der Waals surface area (Å²) in [6, 6.07) is 0. The Hall–Kier alpha value is -0.350. The third kappa shape index (κ3) is 4.43. The zero-order valence-corrected chi connectivity index (χ0v) is 9.12. The summed E-state index contributed by atoms with van der Waals surface area (Å²) in [5.41, 5.74) is 0. The van der Waals surface area contributed by atoms with Crippen molar-refractivity contribution in [2.24, 2.45) is 0 Å². The van der Waals surface area contributed by atoms with E-state index >= 15 is 0 Å². The molecule has 1 heterocycles. The predicted octanol–water partition coefficient (Wildman–Crippen LogP) is 1.26. The van der Waals surface area contributed by atoms with E-state index in [1.54, 1.807) is 0 Å². The molecule has 1 rings (SSSR count). The molecule has 0 radical (unpaired) electrons. The summed E-state index contributed by atoms with van der Waals surface area (Å²) in [5.74, 6) is 0. The van der Waals surface area contributed by atoms with Gasteiger partial charge in [0.25, 0.3) is 0 Å². The van der Waals surface area contributed by atoms with Gasteiger partial charge in [-0.3, -0.25) is 4.90 Å². The second-order valence-electron chi connectivity index (χ2n) is 3.45. The standard InChI is InChI=1S/C9H19N3S/c1-2-3-4-5-6-12-7-10-9(13)11-8-12/h2-8H2,1H3,(H2,10,11,13). The third-order valence-corrected chi connectivity index (χ3v) is 2.54. The Morgan fingerprint density at radius 3 is 2.54 bits per heavy atom. The largest absolute Gasteiger partial charge is 0.350 e. The molecule has 0 aromatic rings. The van der Waals surface area contributed by atoms with Gasteiger partial charge in [-0.1, -0.05) is 26.2 Å². The fourth-order valence-electron chi connectivity index (χ4n) is 1.41. The van der Waals surface area contributed by atoms with Crippen LogP contribution in [0.5, 0.6) is 0 Å². The van der Waals surface area contributed by atoms with Crippen molar-refractivity contribution < 1.29 is 0 Å². The average molecular weight is 201 g/mol. The summed E-state index contributed by atoms with van der Waals surface area (Å²) in [4.78, 5) is 2.34. The first-order valence-corrected chi connectivity index (χ1v) is 5.48. The maximum absolute atomic E-state index is 4.96. The molecule has 0 amide bonds. The molecular formula is C9H19N3S. The lowest BCUT2D eigenvalue weighted by Crippen LogP contribution is -2.53. The van der Waals surface area contributed by atoms with Crippen LogP contribution in [0.25, 0.3) is 0 Å². The van der Waals surface area contributed by atoms with Crippen LogP contribution in [0.4, 0.5) is 0 Å². The van der Waals surface area contributed by atoms with Gasteiger partial charge in [-0.25, -0.2) is 0 Å². The van der Waals surface area contributed by atoms with Crippen molar-refractivity contribution in [2.75, 3.05) is 19.9 Å². The Kier molecular flexibility index (Phi) is 5.08. The highest BCUT2D eigenvalue weighted by Crippen LogP contribution is 2.01. The van der Waals surface area contributed by atoms with Crippen molar-refractivity contribution in [1.82, 2.24) is 15.5 Å². The molecule has 0 bridgehead atoms. The normalized spacial score (nSPS) is 18.1. The van der Waals surface area contributed by atoms with Gasteiger partial charge in [0.2, 0.25) is 0 Å². The van der Waals surface area contributed by atoms with E-state index in [9.17, 15) is 0 Å². The van der Waals surface area contributed by atoms with Crippen LogP contribution in [-0.4, -0.2) is 29.9 Å². The second-order valence-corrected chi connectivity index (χ2v) is 3.86. The highest BCUT2D eigenvalue weighted by atomic mass is 32.1. The Bertz CT molecular complexity index is 151. The van der Waals surface area contributed by atoms with Crippen LogP contribution in [0.3, 0.4) is 0 Å². The highest BCUT2D eigenvalue weighted by Gasteiger charge is 2.09. The van der Waals surface area contributed by atoms with E-state index in [0.29, 0.717) is 0 Å². The van der Waals surface area contributed by atoms with Gasteiger partial charge in [-0.15, -0.1) is 0 Å². The van der Waals surface area contributed by atoms with Crippen LogP contribution >= 0.6 is 12.2 Å². The first-order valence-electron chi connectivity index (χ1n) is 5.07. The number of nitrogens with one attached hydrogen (secondary N) is 2. The van der Waals surface area contributed by atoms with Crippen LogP contribution in [-0.2, 0) is 0 Å². The van der Waals surface area contributed by atoms with Gasteiger partial charge >= 0.3 is 0 Å². The molecule has 76 valence electrons. The summed E-state index contributed by atoms with van der Waals surface area (Å²) in [7, 11) is 0. The maximum Gasteiger partial charge on any atom is 0.168 e. The molecule has 0 unspecified atom stereocenters. The molecule has 0 aromatic heterocycles. The molecule has 1 saturated heterocycles. The molecule has 2 N–H and O–H groups in total. The minimum Gasteiger partial charge on any atom is -0.350 e. The zero-order chi connectivity index (χ0) is 9.52. The molecule has 1 aliphatic heterocycles. The van der Waals surface area contributed by atoms with Crippen LogP contribution < -0.4 is 10.6 Å². The molecule has 0 aromatic carbocycles. The molecular weight excluding hydrogens is 182 g/mol. The lowest BCUT2D eigenvalue weighted by atomic mass is 10.2. The van der Waals surface area contributed by atoms with E-state index < -0.39 is 0 Å². The van der Waals surface area contributed by atoms with E-state index in [4.69, 9.17) is 12.2 Å². The van der Waals surface area contributed by atoms with Gasteiger partial charge in [0.1, 0.15) is 0 Å². The average Bonchev–Trinajstić information content (AvgIpc) is 2.15. The molecule has 1 aliphatic rings. The van der Waals surface area contributed by atoms with Gasteiger partial charge in [0, 0.05) is 6.54 Å². The molecule has 0 atom stereocenters. The van der Waals surface area contributed by atoms with Crippen molar-refractivity contribution in [3.63, 3.8) is 0 Å². The smallest absolute Gasteiger partial charge is 0.168 e. The summed E-state index contributed by atoms with van der Waals surface area (Å²) in [5, 5.41) is 7.02. The Morgan fingerprint density at radius 1 is 1.23 bits per heavy atom. The number of unbranched alkanes of at least 4 members (excludes halogenated alkanes) is 3. The molecule has 0 saturated carbocycles. The van der Waals surface area contributed by atoms with Crippen molar-refractivity contribution in [3.8, 4) is 0 Å². The highest BCUT2D eigenvalue weighted by molar-refractivity contribution is 7.80. The molecule has 4 heteroatoms. The van der Waals surface area contributed by atoms with Gasteiger partial charge in [-0.2, -0.15) is 0 Å². The third-order valence-electron chi connectivity index (χ3n) is 2.25. The summed E-state index contributed by atoms with van der Waals surface area (Å²) in [6.07, 6.45) is 5.30. The quantitative estimate of drug-likeness (QED) is 0.517. The van der Waals surface area contributed by atoms with Gasteiger partial charge in [-0.05, 0) is 18.6 Å². The summed E-state index contributed by atoms with van der Waals surface area (Å²) >= 11 is 4.96. The second kappa shape index (κ2) is 6.16. The van der Waals surface area contributed by atoms with E-state index in [-0.39, 0.29) is 0 Å². The molecule has 13 heavy (non-hydrogen) atoms. The zero-order valence-electron chi connectivity index (χ0n) is 8.31.